The molecule has 0 heterocycles. The molecule has 98 valence electrons. The SMILES string of the molecule is CCN(CC)c1ccc(/C=N\NC(=O)NN)cc1. The van der Waals surface area contributed by atoms with Crippen molar-refractivity contribution in [2.24, 2.45) is 10.9 Å². The van der Waals surface area contributed by atoms with E-state index in [1.54, 1.807) is 6.21 Å². The van der Waals surface area contributed by atoms with Crippen LogP contribution < -0.4 is 21.6 Å². The van der Waals surface area contributed by atoms with Gasteiger partial charge in [-0.1, -0.05) is 12.1 Å². The van der Waals surface area contributed by atoms with Crippen molar-refractivity contribution in [2.45, 2.75) is 13.8 Å². The number of anilines is 1. The monoisotopic (exact) mass is 249 g/mol. The number of nitrogens with one attached hydrogen (secondary N) is 2. The fourth-order valence-corrected chi connectivity index (χ4v) is 1.56. The molecule has 0 atom stereocenters. The normalized spacial score (nSPS) is 10.4. The van der Waals surface area contributed by atoms with E-state index in [2.05, 4.69) is 29.3 Å². The molecule has 0 saturated heterocycles. The van der Waals surface area contributed by atoms with Gasteiger partial charge in [0, 0.05) is 18.8 Å². The number of amides is 2. The molecule has 18 heavy (non-hydrogen) atoms. The van der Waals surface area contributed by atoms with E-state index in [4.69, 9.17) is 5.84 Å². The summed E-state index contributed by atoms with van der Waals surface area (Å²) in [7, 11) is 0. The number of urea groups is 1. The van der Waals surface area contributed by atoms with Gasteiger partial charge in [-0.25, -0.2) is 16.1 Å². The highest BCUT2D eigenvalue weighted by Crippen LogP contribution is 2.13. The number of nitrogens with two attached hydrogens (primary N) is 1. The van der Waals surface area contributed by atoms with Crippen LogP contribution in [0.1, 0.15) is 19.4 Å². The summed E-state index contributed by atoms with van der Waals surface area (Å²) in [6, 6.07) is 7.39. The summed E-state index contributed by atoms with van der Waals surface area (Å²) < 4.78 is 0. The van der Waals surface area contributed by atoms with E-state index >= 15 is 0 Å². The molecule has 0 radical (unpaired) electrons. The Morgan fingerprint density at radius 2 is 1.94 bits per heavy atom. The van der Waals surface area contributed by atoms with Crippen LogP contribution in [0.25, 0.3) is 0 Å². The van der Waals surface area contributed by atoms with Crippen LogP contribution in [0.2, 0.25) is 0 Å². The molecule has 6 nitrogen and oxygen atoms in total. The van der Waals surface area contributed by atoms with Crippen LogP contribution in [0.3, 0.4) is 0 Å². The van der Waals surface area contributed by atoms with Gasteiger partial charge >= 0.3 is 6.03 Å². The van der Waals surface area contributed by atoms with Crippen LogP contribution in [0.4, 0.5) is 10.5 Å². The summed E-state index contributed by atoms with van der Waals surface area (Å²) in [5.41, 5.74) is 6.22. The molecule has 0 aromatic heterocycles. The van der Waals surface area contributed by atoms with E-state index in [9.17, 15) is 4.79 Å². The van der Waals surface area contributed by atoms with Crippen molar-refractivity contribution in [2.75, 3.05) is 18.0 Å². The van der Waals surface area contributed by atoms with E-state index in [1.807, 2.05) is 29.7 Å². The van der Waals surface area contributed by atoms with Gasteiger partial charge in [-0.05, 0) is 31.5 Å². The number of hydrogen-bond acceptors (Lipinski definition) is 4. The van der Waals surface area contributed by atoms with Crippen molar-refractivity contribution < 1.29 is 4.79 Å². The standard InChI is InChI=1S/C12H19N5O/c1-3-17(4-2)11-7-5-10(6-8-11)9-14-16-12(18)15-13/h5-9H,3-4,13H2,1-2H3,(H2,15,16,18)/b14-9-. The third-order valence-corrected chi connectivity index (χ3v) is 2.53. The Hall–Kier alpha value is -2.08. The van der Waals surface area contributed by atoms with E-state index in [0.717, 1.165) is 18.7 Å². The number of benzene rings is 1. The minimum absolute atomic E-state index is 0.550. The fraction of sp³-hybridized carbons (Fsp3) is 0.333. The zero-order chi connectivity index (χ0) is 13.4. The van der Waals surface area contributed by atoms with Gasteiger partial charge in [-0.15, -0.1) is 0 Å². The molecule has 6 heteroatoms. The van der Waals surface area contributed by atoms with Crippen LogP contribution in [-0.4, -0.2) is 25.3 Å². The lowest BCUT2D eigenvalue weighted by molar-refractivity contribution is 0.241. The number of hydrogen-bond donors (Lipinski definition) is 3. The average molecular weight is 249 g/mol. The minimum atomic E-state index is -0.550. The van der Waals surface area contributed by atoms with Crippen molar-refractivity contribution in [1.29, 1.82) is 0 Å². The first-order valence-corrected chi connectivity index (χ1v) is 5.85. The number of rotatable bonds is 5. The Morgan fingerprint density at radius 3 is 2.44 bits per heavy atom. The maximum absolute atomic E-state index is 10.8. The molecule has 4 N–H and O–H groups in total. The van der Waals surface area contributed by atoms with Crippen molar-refractivity contribution in [3.8, 4) is 0 Å². The Morgan fingerprint density at radius 1 is 1.33 bits per heavy atom. The largest absolute Gasteiger partial charge is 0.372 e. The maximum atomic E-state index is 10.8. The molecule has 0 unspecified atom stereocenters. The predicted octanol–water partition coefficient (Wildman–Crippen LogP) is 1.04. The molecule has 0 aliphatic rings. The van der Waals surface area contributed by atoms with Gasteiger partial charge in [0.05, 0.1) is 6.21 Å². The van der Waals surface area contributed by atoms with Crippen LogP contribution in [0.5, 0.6) is 0 Å². The average Bonchev–Trinajstić information content (AvgIpc) is 2.41. The van der Waals surface area contributed by atoms with Crippen molar-refractivity contribution in [3.05, 3.63) is 29.8 Å². The van der Waals surface area contributed by atoms with Gasteiger partial charge in [0.25, 0.3) is 0 Å². The van der Waals surface area contributed by atoms with Crippen molar-refractivity contribution >= 4 is 17.9 Å². The van der Waals surface area contributed by atoms with Gasteiger partial charge in [0.15, 0.2) is 0 Å². The molecule has 0 aliphatic heterocycles. The lowest BCUT2D eigenvalue weighted by Crippen LogP contribution is -2.37. The lowest BCUT2D eigenvalue weighted by Gasteiger charge is -2.20. The molecule has 0 saturated carbocycles. The zero-order valence-corrected chi connectivity index (χ0v) is 10.7. The fourth-order valence-electron chi connectivity index (χ4n) is 1.56. The van der Waals surface area contributed by atoms with Crippen LogP contribution in [0.15, 0.2) is 29.4 Å². The Labute approximate surface area is 107 Å². The molecular formula is C12H19N5O. The van der Waals surface area contributed by atoms with Gasteiger partial charge in [-0.3, -0.25) is 5.43 Å². The van der Waals surface area contributed by atoms with E-state index in [1.165, 1.54) is 5.69 Å². The van der Waals surface area contributed by atoms with Crippen LogP contribution in [-0.2, 0) is 0 Å². The molecule has 0 spiro atoms. The second-order valence-electron chi connectivity index (χ2n) is 3.61. The summed E-state index contributed by atoms with van der Waals surface area (Å²) >= 11 is 0. The Balaban J connectivity index is 2.62. The second-order valence-corrected chi connectivity index (χ2v) is 3.61. The first kappa shape index (κ1) is 14.0. The Bertz CT molecular complexity index is 397. The van der Waals surface area contributed by atoms with Crippen molar-refractivity contribution in [1.82, 2.24) is 10.9 Å². The topological polar surface area (TPSA) is 82.8 Å². The number of carbonyl (C=O) groups excluding carboxylic acids is 1. The molecule has 1 aromatic carbocycles. The maximum Gasteiger partial charge on any atom is 0.349 e. The first-order valence-electron chi connectivity index (χ1n) is 5.85. The number of nitrogens with zero attached hydrogens (tertiary/aromatic N) is 2. The van der Waals surface area contributed by atoms with E-state index < -0.39 is 6.03 Å². The quantitative estimate of drug-likeness (QED) is 0.315. The number of carbonyl (C=O) groups is 1. The van der Waals surface area contributed by atoms with E-state index in [-0.39, 0.29) is 0 Å². The van der Waals surface area contributed by atoms with Crippen LogP contribution >= 0.6 is 0 Å². The third kappa shape index (κ3) is 4.06. The molecule has 1 rings (SSSR count). The van der Waals surface area contributed by atoms with Gasteiger partial charge in [-0.2, -0.15) is 5.10 Å². The smallest absolute Gasteiger partial charge is 0.349 e. The molecule has 1 aromatic rings. The lowest BCUT2D eigenvalue weighted by atomic mass is 10.2. The number of hydrazone groups is 1. The van der Waals surface area contributed by atoms with Gasteiger partial charge in [0.1, 0.15) is 0 Å². The van der Waals surface area contributed by atoms with Crippen LogP contribution in [0, 0.1) is 0 Å². The van der Waals surface area contributed by atoms with Gasteiger partial charge in [0.2, 0.25) is 0 Å². The molecular weight excluding hydrogens is 230 g/mol. The highest BCUT2D eigenvalue weighted by molar-refractivity contribution is 5.82. The summed E-state index contributed by atoms with van der Waals surface area (Å²) in [5, 5.41) is 3.75. The minimum Gasteiger partial charge on any atom is -0.372 e. The molecule has 0 bridgehead atoms. The van der Waals surface area contributed by atoms with Crippen molar-refractivity contribution in [3.63, 3.8) is 0 Å². The summed E-state index contributed by atoms with van der Waals surface area (Å²) in [6.07, 6.45) is 1.56. The summed E-state index contributed by atoms with van der Waals surface area (Å²) in [6.45, 7) is 6.19. The second kappa shape index (κ2) is 7.29. The molecule has 0 aliphatic carbocycles. The molecule has 0 fully saturated rings. The zero-order valence-electron chi connectivity index (χ0n) is 10.7. The third-order valence-electron chi connectivity index (χ3n) is 2.53. The van der Waals surface area contributed by atoms with Gasteiger partial charge < -0.3 is 4.90 Å². The predicted molar refractivity (Wildman–Crippen MR) is 73.5 cm³/mol. The number of hydrazine groups is 1. The summed E-state index contributed by atoms with van der Waals surface area (Å²) in [4.78, 5) is 13.0. The Kier molecular flexibility index (Phi) is 5.66. The van der Waals surface area contributed by atoms with E-state index in [0.29, 0.717) is 0 Å². The summed E-state index contributed by atoms with van der Waals surface area (Å²) in [5.74, 6) is 4.89. The highest BCUT2D eigenvalue weighted by Gasteiger charge is 2.00. The molecule has 2 amide bonds. The first-order chi connectivity index (χ1) is 8.71. The highest BCUT2D eigenvalue weighted by atomic mass is 16.2.